The maximum atomic E-state index is 11.7. The van der Waals surface area contributed by atoms with Gasteiger partial charge in [0.05, 0.1) is 23.2 Å². The Balaban J connectivity index is 1.89. The predicted octanol–water partition coefficient (Wildman–Crippen LogP) is 4.02. The summed E-state index contributed by atoms with van der Waals surface area (Å²) < 4.78 is 1.97. The first-order valence-electron chi connectivity index (χ1n) is 6.76. The Hall–Kier alpha value is -1.72. The number of fused-ring (bicyclic) bond motifs is 1. The van der Waals surface area contributed by atoms with Crippen molar-refractivity contribution in [3.8, 4) is 10.6 Å². The summed E-state index contributed by atoms with van der Waals surface area (Å²) in [6, 6.07) is 3.64. The molecular weight excluding hydrogens is 306 g/mol. The van der Waals surface area contributed by atoms with Gasteiger partial charge in [0.2, 0.25) is 0 Å². The molecular formula is C15H14ClN3OS. The molecule has 6 heteroatoms. The van der Waals surface area contributed by atoms with E-state index in [-0.39, 0.29) is 5.78 Å². The highest BCUT2D eigenvalue weighted by Crippen LogP contribution is 2.28. The van der Waals surface area contributed by atoms with Crippen LogP contribution in [-0.4, -0.2) is 20.2 Å². The van der Waals surface area contributed by atoms with Gasteiger partial charge in [-0.1, -0.05) is 18.5 Å². The van der Waals surface area contributed by atoms with Gasteiger partial charge >= 0.3 is 0 Å². The van der Waals surface area contributed by atoms with Crippen LogP contribution < -0.4 is 0 Å². The average Bonchev–Trinajstić information content (AvgIpc) is 3.04. The first-order valence-corrected chi connectivity index (χ1v) is 7.96. The second-order valence-corrected chi connectivity index (χ2v) is 6.35. The highest BCUT2D eigenvalue weighted by Gasteiger charge is 2.12. The number of pyridine rings is 1. The molecule has 3 rings (SSSR count). The lowest BCUT2D eigenvalue weighted by Crippen LogP contribution is -2.00. The highest BCUT2D eigenvalue weighted by molar-refractivity contribution is 7.15. The molecule has 3 aromatic heterocycles. The maximum absolute atomic E-state index is 11.7. The minimum absolute atomic E-state index is 0.239. The van der Waals surface area contributed by atoms with Gasteiger partial charge in [-0.05, 0) is 12.5 Å². The molecule has 108 valence electrons. The zero-order valence-corrected chi connectivity index (χ0v) is 13.1. The van der Waals surface area contributed by atoms with E-state index in [9.17, 15) is 4.79 Å². The minimum Gasteiger partial charge on any atom is -0.299 e. The van der Waals surface area contributed by atoms with E-state index < -0.39 is 0 Å². The fraction of sp³-hybridized carbons (Fsp3) is 0.267. The van der Waals surface area contributed by atoms with Crippen molar-refractivity contribution < 1.29 is 4.79 Å². The van der Waals surface area contributed by atoms with Gasteiger partial charge in [0.25, 0.3) is 0 Å². The summed E-state index contributed by atoms with van der Waals surface area (Å²) in [4.78, 5) is 21.4. The summed E-state index contributed by atoms with van der Waals surface area (Å²) >= 11 is 7.50. The van der Waals surface area contributed by atoms with Crippen LogP contribution in [0.25, 0.3) is 16.2 Å². The van der Waals surface area contributed by atoms with Gasteiger partial charge in [-0.25, -0.2) is 9.97 Å². The van der Waals surface area contributed by atoms with E-state index in [1.54, 1.807) is 12.4 Å². The molecule has 0 aliphatic carbocycles. The SMILES string of the molecule is CCCC(=O)Cc1ncc(-c2cnc3cc(Cl)ccn23)s1. The van der Waals surface area contributed by atoms with Crippen molar-refractivity contribution in [1.29, 1.82) is 0 Å². The number of hydrogen-bond donors (Lipinski definition) is 0. The topological polar surface area (TPSA) is 47.3 Å². The number of aromatic nitrogens is 3. The van der Waals surface area contributed by atoms with Crippen LogP contribution in [0.3, 0.4) is 0 Å². The van der Waals surface area contributed by atoms with Crippen LogP contribution in [0.5, 0.6) is 0 Å². The van der Waals surface area contributed by atoms with E-state index in [1.165, 1.54) is 11.3 Å². The molecule has 0 unspecified atom stereocenters. The largest absolute Gasteiger partial charge is 0.299 e. The second kappa shape index (κ2) is 5.95. The van der Waals surface area contributed by atoms with Gasteiger partial charge in [0.15, 0.2) is 0 Å². The molecule has 0 bridgehead atoms. The van der Waals surface area contributed by atoms with Crippen molar-refractivity contribution in [2.45, 2.75) is 26.2 Å². The van der Waals surface area contributed by atoms with E-state index in [2.05, 4.69) is 9.97 Å². The molecule has 0 amide bonds. The van der Waals surface area contributed by atoms with Crippen molar-refractivity contribution in [2.24, 2.45) is 0 Å². The van der Waals surface area contributed by atoms with Crippen molar-refractivity contribution in [3.63, 3.8) is 0 Å². The Labute approximate surface area is 131 Å². The molecule has 0 N–H and O–H groups in total. The molecule has 3 heterocycles. The number of Topliss-reactive ketones (excluding diaryl/α,β-unsaturated/α-hetero) is 1. The Morgan fingerprint density at radius 2 is 2.24 bits per heavy atom. The number of thiazole rings is 1. The van der Waals surface area contributed by atoms with E-state index in [0.717, 1.165) is 27.6 Å². The number of carbonyl (C=O) groups is 1. The standard InChI is InChI=1S/C15H14ClN3OS/c1-2-3-11(20)7-15-18-9-13(21-15)12-8-17-14-6-10(16)4-5-19(12)14/h4-6,8-9H,2-3,7H2,1H3. The number of ketones is 1. The van der Waals surface area contributed by atoms with Crippen LogP contribution in [0.15, 0.2) is 30.7 Å². The first-order chi connectivity index (χ1) is 10.2. The van der Waals surface area contributed by atoms with Gasteiger partial charge in [0.1, 0.15) is 16.4 Å². The molecule has 0 aromatic carbocycles. The molecule has 21 heavy (non-hydrogen) atoms. The van der Waals surface area contributed by atoms with Gasteiger partial charge in [-0.3, -0.25) is 9.20 Å². The minimum atomic E-state index is 0.239. The second-order valence-electron chi connectivity index (χ2n) is 4.80. The fourth-order valence-electron chi connectivity index (χ4n) is 2.18. The van der Waals surface area contributed by atoms with Crippen molar-refractivity contribution in [3.05, 3.63) is 40.8 Å². The first kappa shape index (κ1) is 14.2. The molecule has 0 atom stereocenters. The molecule has 0 aliphatic rings. The van der Waals surface area contributed by atoms with Gasteiger partial charge in [0, 0.05) is 29.9 Å². The average molecular weight is 320 g/mol. The number of carbonyl (C=O) groups excluding carboxylic acids is 1. The molecule has 0 spiro atoms. The van der Waals surface area contributed by atoms with E-state index in [0.29, 0.717) is 17.9 Å². The molecule has 4 nitrogen and oxygen atoms in total. The highest BCUT2D eigenvalue weighted by atomic mass is 35.5. The normalized spacial score (nSPS) is 11.1. The quantitative estimate of drug-likeness (QED) is 0.713. The smallest absolute Gasteiger partial charge is 0.139 e. The third-order valence-electron chi connectivity index (χ3n) is 3.16. The Kier molecular flexibility index (Phi) is 4.03. The van der Waals surface area contributed by atoms with Crippen LogP contribution in [0.4, 0.5) is 0 Å². The Bertz CT molecular complexity index is 793. The molecule has 0 saturated heterocycles. The lowest BCUT2D eigenvalue weighted by atomic mass is 10.2. The lowest BCUT2D eigenvalue weighted by Gasteiger charge is -1.98. The van der Waals surface area contributed by atoms with E-state index >= 15 is 0 Å². The third kappa shape index (κ3) is 2.99. The Morgan fingerprint density at radius 3 is 3.05 bits per heavy atom. The van der Waals surface area contributed by atoms with Crippen LogP contribution in [0.2, 0.25) is 5.02 Å². The number of imidazole rings is 1. The molecule has 0 radical (unpaired) electrons. The Morgan fingerprint density at radius 1 is 1.38 bits per heavy atom. The van der Waals surface area contributed by atoms with Crippen LogP contribution >= 0.6 is 22.9 Å². The molecule has 0 aliphatic heterocycles. The van der Waals surface area contributed by atoms with E-state index in [4.69, 9.17) is 11.6 Å². The van der Waals surface area contributed by atoms with Crippen LogP contribution in [0, 0.1) is 0 Å². The van der Waals surface area contributed by atoms with E-state index in [1.807, 2.05) is 29.7 Å². The molecule has 0 saturated carbocycles. The number of rotatable bonds is 5. The molecule has 0 fully saturated rings. The summed E-state index contributed by atoms with van der Waals surface area (Å²) in [6.07, 6.45) is 7.41. The summed E-state index contributed by atoms with van der Waals surface area (Å²) in [7, 11) is 0. The van der Waals surface area contributed by atoms with Gasteiger partial charge in [-0.2, -0.15) is 0 Å². The third-order valence-corrected chi connectivity index (χ3v) is 4.41. The summed E-state index contributed by atoms with van der Waals surface area (Å²) in [5.41, 5.74) is 1.77. The van der Waals surface area contributed by atoms with Crippen LogP contribution in [-0.2, 0) is 11.2 Å². The van der Waals surface area contributed by atoms with Gasteiger partial charge < -0.3 is 0 Å². The number of nitrogens with zero attached hydrogens (tertiary/aromatic N) is 3. The summed E-state index contributed by atoms with van der Waals surface area (Å²) in [5, 5.41) is 1.52. The van der Waals surface area contributed by atoms with Crippen LogP contribution in [0.1, 0.15) is 24.8 Å². The molecule has 3 aromatic rings. The number of hydrogen-bond acceptors (Lipinski definition) is 4. The summed E-state index contributed by atoms with van der Waals surface area (Å²) in [5.74, 6) is 0.239. The predicted molar refractivity (Wildman–Crippen MR) is 84.9 cm³/mol. The monoisotopic (exact) mass is 319 g/mol. The maximum Gasteiger partial charge on any atom is 0.139 e. The van der Waals surface area contributed by atoms with Crippen molar-refractivity contribution in [2.75, 3.05) is 0 Å². The van der Waals surface area contributed by atoms with Crippen molar-refractivity contribution in [1.82, 2.24) is 14.4 Å². The fourth-order valence-corrected chi connectivity index (χ4v) is 3.29. The van der Waals surface area contributed by atoms with Gasteiger partial charge in [-0.15, -0.1) is 11.3 Å². The number of halogens is 1. The lowest BCUT2D eigenvalue weighted by molar-refractivity contribution is -0.118. The zero-order chi connectivity index (χ0) is 14.8. The zero-order valence-electron chi connectivity index (χ0n) is 11.5. The summed E-state index contributed by atoms with van der Waals surface area (Å²) in [6.45, 7) is 2.01. The van der Waals surface area contributed by atoms with Crippen molar-refractivity contribution >= 4 is 34.4 Å².